The van der Waals surface area contributed by atoms with Gasteiger partial charge in [-0.1, -0.05) is 29.5 Å². The van der Waals surface area contributed by atoms with Gasteiger partial charge in [0.15, 0.2) is 5.01 Å². The Morgan fingerprint density at radius 3 is 2.51 bits per heavy atom. The summed E-state index contributed by atoms with van der Waals surface area (Å²) in [6.07, 6.45) is -0.0796. The van der Waals surface area contributed by atoms with Crippen molar-refractivity contribution >= 4 is 21.5 Å². The average Bonchev–Trinajstić information content (AvgIpc) is 3.43. The molecule has 6 rings (SSSR count). The zero-order valence-electron chi connectivity index (χ0n) is 18.5. The summed E-state index contributed by atoms with van der Waals surface area (Å²) in [6.45, 7) is -1.61. The second-order valence-corrected chi connectivity index (χ2v) is 12.2. The van der Waals surface area contributed by atoms with Gasteiger partial charge in [-0.2, -0.15) is 30.6 Å². The topological polar surface area (TPSA) is 88.1 Å². The average molecular weight is 522 g/mol. The zero-order valence-corrected chi connectivity index (χ0v) is 20.1. The van der Waals surface area contributed by atoms with Crippen LogP contribution in [-0.4, -0.2) is 52.7 Å². The Morgan fingerprint density at radius 1 is 1.06 bits per heavy atom. The molecule has 3 heterocycles. The number of nitrogens with zero attached hydrogens (tertiary/aromatic N) is 4. The molecular formula is C23H22F3N5O2S2. The summed E-state index contributed by atoms with van der Waals surface area (Å²) in [4.78, 5) is 4.32. The van der Waals surface area contributed by atoms with Gasteiger partial charge < -0.3 is 0 Å². The fourth-order valence-electron chi connectivity index (χ4n) is 5.91. The number of aromatic nitrogens is 3. The van der Waals surface area contributed by atoms with Gasteiger partial charge in [0, 0.05) is 18.3 Å². The van der Waals surface area contributed by atoms with E-state index in [9.17, 15) is 21.6 Å². The molecule has 2 aromatic heterocycles. The van der Waals surface area contributed by atoms with Crippen LogP contribution >= 0.6 is 11.3 Å². The van der Waals surface area contributed by atoms with Crippen LogP contribution in [0, 0.1) is 11.8 Å². The van der Waals surface area contributed by atoms with E-state index in [2.05, 4.69) is 26.0 Å². The molecule has 1 saturated carbocycles. The maximum absolute atomic E-state index is 13.1. The van der Waals surface area contributed by atoms with Crippen LogP contribution in [0.2, 0.25) is 0 Å². The fraction of sp³-hybridized carbons (Fsp3) is 0.435. The van der Waals surface area contributed by atoms with E-state index < -0.39 is 28.5 Å². The molecule has 7 nitrogen and oxygen atoms in total. The van der Waals surface area contributed by atoms with Gasteiger partial charge in [-0.05, 0) is 66.8 Å². The number of nitrogens with one attached hydrogen (secondary N) is 1. The standard InChI is InChI=1S/C23H22F3N5O2S2/c24-23(25,26)13-31-12-22(30-35(31,32)33)17-6-7-18(22)11-16-9-15(5-4-14(16)10-17)20-28-29-21(34-20)19-3-1-2-8-27-19/h1-5,8-9,17-18,30H,6-7,10-13H2. The van der Waals surface area contributed by atoms with Gasteiger partial charge in [0.2, 0.25) is 0 Å². The van der Waals surface area contributed by atoms with E-state index >= 15 is 0 Å². The predicted octanol–water partition coefficient (Wildman–Crippen LogP) is 3.84. The molecule has 35 heavy (non-hydrogen) atoms. The first-order chi connectivity index (χ1) is 16.6. The maximum atomic E-state index is 13.1. The second-order valence-electron chi connectivity index (χ2n) is 9.52. The van der Waals surface area contributed by atoms with Crippen molar-refractivity contribution in [2.24, 2.45) is 11.8 Å². The quantitative estimate of drug-likeness (QED) is 0.566. The molecule has 0 radical (unpaired) electrons. The van der Waals surface area contributed by atoms with E-state index in [1.165, 1.54) is 11.3 Å². The minimum absolute atomic E-state index is 0.0510. The summed E-state index contributed by atoms with van der Waals surface area (Å²) in [5, 5.41) is 10.1. The van der Waals surface area contributed by atoms with Crippen LogP contribution in [0.5, 0.6) is 0 Å². The lowest BCUT2D eigenvalue weighted by Crippen LogP contribution is -2.52. The molecule has 2 fully saturated rings. The molecular weight excluding hydrogens is 499 g/mol. The van der Waals surface area contributed by atoms with Crippen molar-refractivity contribution in [3.8, 4) is 21.3 Å². The van der Waals surface area contributed by atoms with Crippen LogP contribution in [-0.2, 0) is 23.1 Å². The van der Waals surface area contributed by atoms with Gasteiger partial charge >= 0.3 is 6.18 Å². The highest BCUT2D eigenvalue weighted by molar-refractivity contribution is 7.87. The Kier molecular flexibility index (Phi) is 5.30. The molecule has 0 amide bonds. The first-order valence-electron chi connectivity index (χ1n) is 11.4. The second kappa shape index (κ2) is 8.05. The molecule has 1 aromatic carbocycles. The molecule has 3 unspecified atom stereocenters. The van der Waals surface area contributed by atoms with Crippen molar-refractivity contribution in [1.29, 1.82) is 0 Å². The molecule has 1 spiro atoms. The largest absolute Gasteiger partial charge is 0.402 e. The maximum Gasteiger partial charge on any atom is 0.402 e. The smallest absolute Gasteiger partial charge is 0.254 e. The Bertz CT molecular complexity index is 1380. The van der Waals surface area contributed by atoms with Crippen LogP contribution < -0.4 is 4.72 Å². The lowest BCUT2D eigenvalue weighted by atomic mass is 9.79. The van der Waals surface area contributed by atoms with Gasteiger partial charge in [-0.25, -0.2) is 0 Å². The van der Waals surface area contributed by atoms with Crippen molar-refractivity contribution in [2.75, 3.05) is 13.1 Å². The minimum Gasteiger partial charge on any atom is -0.254 e. The van der Waals surface area contributed by atoms with Gasteiger partial charge in [-0.15, -0.1) is 10.2 Å². The first-order valence-corrected chi connectivity index (χ1v) is 13.6. The minimum atomic E-state index is -4.59. The van der Waals surface area contributed by atoms with Crippen molar-refractivity contribution in [3.63, 3.8) is 0 Å². The highest BCUT2D eigenvalue weighted by Crippen LogP contribution is 2.51. The van der Waals surface area contributed by atoms with Crippen LogP contribution in [0.4, 0.5) is 13.2 Å². The number of hydrogen-bond acceptors (Lipinski definition) is 6. The van der Waals surface area contributed by atoms with Gasteiger partial charge in [-0.3, -0.25) is 4.98 Å². The summed E-state index contributed by atoms with van der Waals surface area (Å²) in [5.41, 5.74) is 3.00. The van der Waals surface area contributed by atoms with Gasteiger partial charge in [0.1, 0.15) is 17.2 Å². The first kappa shape index (κ1) is 23.0. The number of alkyl halides is 3. The summed E-state index contributed by atoms with van der Waals surface area (Å²) in [7, 11) is -4.19. The zero-order chi connectivity index (χ0) is 24.4. The summed E-state index contributed by atoms with van der Waals surface area (Å²) < 4.78 is 67.8. The van der Waals surface area contributed by atoms with E-state index in [-0.39, 0.29) is 18.4 Å². The third-order valence-electron chi connectivity index (χ3n) is 7.47. The fourth-order valence-corrected chi connectivity index (χ4v) is 8.43. The van der Waals surface area contributed by atoms with E-state index in [0.717, 1.165) is 45.2 Å². The SMILES string of the molecule is O=S1(=O)NC2(CN1CC(F)(F)F)C1CCC2Cc2cc(-c3nnc(-c4ccccn4)s3)ccc2C1. The highest BCUT2D eigenvalue weighted by atomic mass is 32.2. The number of benzene rings is 1. The summed E-state index contributed by atoms with van der Waals surface area (Å²) in [5.74, 6) is -0.125. The van der Waals surface area contributed by atoms with Crippen LogP contribution in [0.25, 0.3) is 21.3 Å². The highest BCUT2D eigenvalue weighted by Gasteiger charge is 2.60. The van der Waals surface area contributed by atoms with Gasteiger partial charge in [0.25, 0.3) is 10.2 Å². The van der Waals surface area contributed by atoms with Crippen molar-refractivity contribution in [1.82, 2.24) is 24.2 Å². The number of pyridine rings is 1. The van der Waals surface area contributed by atoms with E-state index in [0.29, 0.717) is 17.1 Å². The molecule has 3 atom stereocenters. The molecule has 2 bridgehead atoms. The van der Waals surface area contributed by atoms with Crippen LogP contribution in [0.15, 0.2) is 42.6 Å². The Morgan fingerprint density at radius 2 is 1.80 bits per heavy atom. The Balaban J connectivity index is 1.30. The molecule has 2 aliphatic carbocycles. The van der Waals surface area contributed by atoms with E-state index in [1.54, 1.807) is 6.20 Å². The number of rotatable bonds is 3. The predicted molar refractivity (Wildman–Crippen MR) is 125 cm³/mol. The number of fused-ring (bicyclic) bond motifs is 1. The third kappa shape index (κ3) is 4.05. The van der Waals surface area contributed by atoms with E-state index in [4.69, 9.17) is 0 Å². The molecule has 3 aromatic rings. The van der Waals surface area contributed by atoms with Crippen LogP contribution in [0.3, 0.4) is 0 Å². The summed E-state index contributed by atoms with van der Waals surface area (Å²) in [6, 6.07) is 11.7. The molecule has 1 saturated heterocycles. The molecule has 1 aliphatic heterocycles. The Labute approximate surface area is 204 Å². The lowest BCUT2D eigenvalue weighted by molar-refractivity contribution is -0.136. The van der Waals surface area contributed by atoms with E-state index in [1.807, 2.05) is 30.3 Å². The van der Waals surface area contributed by atoms with Crippen molar-refractivity contribution < 1.29 is 21.6 Å². The monoisotopic (exact) mass is 521 g/mol. The normalized spacial score (nSPS) is 27.7. The number of halogens is 3. The van der Waals surface area contributed by atoms with Crippen molar-refractivity contribution in [2.45, 2.75) is 37.4 Å². The molecule has 1 N–H and O–H groups in total. The van der Waals surface area contributed by atoms with Crippen LogP contribution in [0.1, 0.15) is 24.0 Å². The molecule has 12 heteroatoms. The lowest BCUT2D eigenvalue weighted by Gasteiger charge is -2.33. The van der Waals surface area contributed by atoms with Crippen molar-refractivity contribution in [3.05, 3.63) is 53.7 Å². The number of hydrogen-bond donors (Lipinski definition) is 1. The van der Waals surface area contributed by atoms with Gasteiger partial charge in [0.05, 0.1) is 5.54 Å². The molecule has 3 aliphatic rings. The summed E-state index contributed by atoms with van der Waals surface area (Å²) >= 11 is 1.44. The Hall–Kier alpha value is -2.41. The third-order valence-corrected chi connectivity index (χ3v) is 10.0. The molecule has 184 valence electrons.